The van der Waals surface area contributed by atoms with E-state index in [9.17, 15) is 13.2 Å². The van der Waals surface area contributed by atoms with Crippen LogP contribution >= 0.6 is 0 Å². The predicted octanol–water partition coefficient (Wildman–Crippen LogP) is 0.00740. The lowest BCUT2D eigenvalue weighted by molar-refractivity contribution is -0.136. The molecule has 1 heterocycles. The Morgan fingerprint density at radius 3 is 2.57 bits per heavy atom. The first-order valence-electron chi connectivity index (χ1n) is 6.47. The molecule has 2 rings (SSSR count). The molecule has 1 fully saturated rings. The van der Waals surface area contributed by atoms with Crippen molar-refractivity contribution in [2.45, 2.75) is 17.4 Å². The number of carboxylic acids is 1. The summed E-state index contributed by atoms with van der Waals surface area (Å²) >= 11 is 0. The molecule has 1 saturated heterocycles. The lowest BCUT2D eigenvalue weighted by Crippen LogP contribution is -2.39. The molecular formula is C13H17NO6S. The second kappa shape index (κ2) is 6.99. The summed E-state index contributed by atoms with van der Waals surface area (Å²) in [6.45, 7) is 1.48. The van der Waals surface area contributed by atoms with Gasteiger partial charge < -0.3 is 14.6 Å². The monoisotopic (exact) mass is 315 g/mol. The summed E-state index contributed by atoms with van der Waals surface area (Å²) in [6, 6.07) is 5.75. The van der Waals surface area contributed by atoms with Crippen molar-refractivity contribution < 1.29 is 27.8 Å². The Balaban J connectivity index is 1.96. The third-order valence-corrected chi connectivity index (χ3v) is 4.41. The standard InChI is InChI=1S/C13H17NO6S/c15-13(16)7-10-1-3-12(4-2-10)21(17,18)14-8-11-9-19-5-6-20-11/h1-4,11,14H,5-9H2,(H,15,16). The van der Waals surface area contributed by atoms with Crippen molar-refractivity contribution in [2.75, 3.05) is 26.4 Å². The van der Waals surface area contributed by atoms with Gasteiger partial charge in [0.15, 0.2) is 0 Å². The number of hydrogen-bond donors (Lipinski definition) is 2. The maximum atomic E-state index is 12.1. The molecule has 0 radical (unpaired) electrons. The summed E-state index contributed by atoms with van der Waals surface area (Å²) < 4.78 is 37.2. The molecule has 7 nitrogen and oxygen atoms in total. The average Bonchev–Trinajstić information content (AvgIpc) is 2.46. The van der Waals surface area contributed by atoms with Crippen molar-refractivity contribution in [3.63, 3.8) is 0 Å². The van der Waals surface area contributed by atoms with Crippen LogP contribution in [0.4, 0.5) is 0 Å². The Kier molecular flexibility index (Phi) is 5.29. The van der Waals surface area contributed by atoms with E-state index in [1.807, 2.05) is 0 Å². The molecule has 2 N–H and O–H groups in total. The number of hydrogen-bond acceptors (Lipinski definition) is 5. The van der Waals surface area contributed by atoms with Crippen LogP contribution in [0, 0.1) is 0 Å². The van der Waals surface area contributed by atoms with Gasteiger partial charge in [-0.05, 0) is 17.7 Å². The molecular weight excluding hydrogens is 298 g/mol. The summed E-state index contributed by atoms with van der Waals surface area (Å²) in [6.07, 6.45) is -0.430. The van der Waals surface area contributed by atoms with Gasteiger partial charge in [-0.2, -0.15) is 0 Å². The molecule has 1 aliphatic rings. The Labute approximate surface area is 122 Å². The topological polar surface area (TPSA) is 102 Å². The third kappa shape index (κ3) is 4.78. The SMILES string of the molecule is O=C(O)Cc1ccc(S(=O)(=O)NCC2COCCO2)cc1. The normalized spacial score (nSPS) is 19.3. The molecule has 1 aromatic rings. The lowest BCUT2D eigenvalue weighted by atomic mass is 10.2. The molecule has 1 aliphatic heterocycles. The Bertz CT molecular complexity index is 577. The van der Waals surface area contributed by atoms with Gasteiger partial charge in [0.2, 0.25) is 10.0 Å². The molecule has 8 heteroatoms. The van der Waals surface area contributed by atoms with Crippen LogP contribution in [0.3, 0.4) is 0 Å². The molecule has 1 unspecified atom stereocenters. The van der Waals surface area contributed by atoms with Crippen LogP contribution in [-0.2, 0) is 30.7 Å². The smallest absolute Gasteiger partial charge is 0.307 e. The molecule has 0 aromatic heterocycles. The number of ether oxygens (including phenoxy) is 2. The summed E-state index contributed by atoms with van der Waals surface area (Å²) in [5.41, 5.74) is 0.547. The number of carbonyl (C=O) groups is 1. The fourth-order valence-electron chi connectivity index (χ4n) is 1.90. The second-order valence-electron chi connectivity index (χ2n) is 4.63. The highest BCUT2D eigenvalue weighted by Crippen LogP contribution is 2.11. The number of carboxylic acid groups (broad SMARTS) is 1. The Hall–Kier alpha value is -1.48. The highest BCUT2D eigenvalue weighted by Gasteiger charge is 2.19. The van der Waals surface area contributed by atoms with Crippen LogP contribution in [0.5, 0.6) is 0 Å². The van der Waals surface area contributed by atoms with Crippen molar-refractivity contribution in [1.82, 2.24) is 4.72 Å². The van der Waals surface area contributed by atoms with Gasteiger partial charge in [0.1, 0.15) is 0 Å². The zero-order valence-electron chi connectivity index (χ0n) is 11.3. The zero-order chi connectivity index (χ0) is 15.3. The fraction of sp³-hybridized carbons (Fsp3) is 0.462. The van der Waals surface area contributed by atoms with Crippen molar-refractivity contribution in [2.24, 2.45) is 0 Å². The first kappa shape index (κ1) is 15.9. The van der Waals surface area contributed by atoms with Gasteiger partial charge >= 0.3 is 5.97 Å². The maximum Gasteiger partial charge on any atom is 0.307 e. The van der Waals surface area contributed by atoms with Crippen molar-refractivity contribution >= 4 is 16.0 Å². The van der Waals surface area contributed by atoms with E-state index in [-0.39, 0.29) is 24.0 Å². The quantitative estimate of drug-likeness (QED) is 0.766. The van der Waals surface area contributed by atoms with Gasteiger partial charge in [-0.25, -0.2) is 13.1 Å². The maximum absolute atomic E-state index is 12.1. The molecule has 21 heavy (non-hydrogen) atoms. The van der Waals surface area contributed by atoms with E-state index in [2.05, 4.69) is 4.72 Å². The van der Waals surface area contributed by atoms with E-state index in [1.165, 1.54) is 24.3 Å². The van der Waals surface area contributed by atoms with E-state index < -0.39 is 16.0 Å². The molecule has 0 saturated carbocycles. The first-order valence-corrected chi connectivity index (χ1v) is 7.95. The van der Waals surface area contributed by atoms with E-state index in [0.717, 1.165) is 0 Å². The van der Waals surface area contributed by atoms with Crippen LogP contribution < -0.4 is 4.72 Å². The molecule has 0 bridgehead atoms. The summed E-state index contributed by atoms with van der Waals surface area (Å²) in [5.74, 6) is -0.960. The van der Waals surface area contributed by atoms with Gasteiger partial charge in [0, 0.05) is 6.54 Å². The zero-order valence-corrected chi connectivity index (χ0v) is 12.1. The first-order chi connectivity index (χ1) is 9.97. The highest BCUT2D eigenvalue weighted by atomic mass is 32.2. The summed E-state index contributed by atoms with van der Waals surface area (Å²) in [4.78, 5) is 10.7. The highest BCUT2D eigenvalue weighted by molar-refractivity contribution is 7.89. The molecule has 116 valence electrons. The van der Waals surface area contributed by atoms with E-state index in [4.69, 9.17) is 14.6 Å². The molecule has 1 atom stereocenters. The average molecular weight is 315 g/mol. The van der Waals surface area contributed by atoms with E-state index >= 15 is 0 Å². The van der Waals surface area contributed by atoms with Crippen LogP contribution in [0.2, 0.25) is 0 Å². The predicted molar refractivity (Wildman–Crippen MR) is 73.5 cm³/mol. The van der Waals surface area contributed by atoms with Gasteiger partial charge in [0.05, 0.1) is 37.2 Å². The summed E-state index contributed by atoms with van der Waals surface area (Å²) in [7, 11) is -3.64. The van der Waals surface area contributed by atoms with Crippen LogP contribution in [0.25, 0.3) is 0 Å². The number of nitrogens with one attached hydrogen (secondary N) is 1. The van der Waals surface area contributed by atoms with Gasteiger partial charge in [-0.1, -0.05) is 12.1 Å². The van der Waals surface area contributed by atoms with E-state index in [0.29, 0.717) is 25.4 Å². The number of aliphatic carboxylic acids is 1. The van der Waals surface area contributed by atoms with Crippen molar-refractivity contribution in [1.29, 1.82) is 0 Å². The van der Waals surface area contributed by atoms with Gasteiger partial charge in [0.25, 0.3) is 0 Å². The largest absolute Gasteiger partial charge is 0.481 e. The third-order valence-electron chi connectivity index (χ3n) is 2.97. The van der Waals surface area contributed by atoms with Gasteiger partial charge in [-0.3, -0.25) is 4.79 Å². The number of sulfonamides is 1. The fourth-order valence-corrected chi connectivity index (χ4v) is 2.97. The van der Waals surface area contributed by atoms with Crippen molar-refractivity contribution in [3.05, 3.63) is 29.8 Å². The summed E-state index contributed by atoms with van der Waals surface area (Å²) in [5, 5.41) is 8.67. The second-order valence-corrected chi connectivity index (χ2v) is 6.40. The van der Waals surface area contributed by atoms with Crippen LogP contribution in [0.1, 0.15) is 5.56 Å². The minimum absolute atomic E-state index is 0.0911. The van der Waals surface area contributed by atoms with Crippen LogP contribution in [0.15, 0.2) is 29.2 Å². The minimum atomic E-state index is -3.64. The Morgan fingerprint density at radius 1 is 1.29 bits per heavy atom. The number of benzene rings is 1. The molecule has 0 amide bonds. The molecule has 0 spiro atoms. The van der Waals surface area contributed by atoms with Crippen LogP contribution in [-0.4, -0.2) is 52.0 Å². The molecule has 0 aliphatic carbocycles. The van der Waals surface area contributed by atoms with E-state index in [1.54, 1.807) is 0 Å². The van der Waals surface area contributed by atoms with Crippen molar-refractivity contribution in [3.8, 4) is 0 Å². The number of rotatable bonds is 6. The van der Waals surface area contributed by atoms with Gasteiger partial charge in [-0.15, -0.1) is 0 Å². The minimum Gasteiger partial charge on any atom is -0.481 e. The Morgan fingerprint density at radius 2 is 2.00 bits per heavy atom. The molecule has 1 aromatic carbocycles. The lowest BCUT2D eigenvalue weighted by Gasteiger charge is -2.23.